The maximum atomic E-state index is 14.4. The molecule has 3 aromatic carbocycles. The number of aromatic hydroxyl groups is 1. The number of nitrogens with zero attached hydrogens (tertiary/aromatic N) is 6. The molecule has 5 amide bonds. The lowest BCUT2D eigenvalue weighted by Crippen LogP contribution is -2.53. The largest absolute Gasteiger partial charge is 0.508 e. The number of hydrogen-bond donors (Lipinski definition) is 3. The van der Waals surface area contributed by atoms with Crippen molar-refractivity contribution in [3.05, 3.63) is 100 Å². The summed E-state index contributed by atoms with van der Waals surface area (Å²) in [6.45, 7) is 7.00. The van der Waals surface area contributed by atoms with Crippen molar-refractivity contribution in [1.82, 2.24) is 25.0 Å². The van der Waals surface area contributed by atoms with Gasteiger partial charge in [-0.15, -0.1) is 11.3 Å². The third kappa shape index (κ3) is 7.39. The van der Waals surface area contributed by atoms with E-state index in [4.69, 9.17) is 0 Å². The van der Waals surface area contributed by atoms with Gasteiger partial charge in [-0.25, -0.2) is 14.2 Å². The van der Waals surface area contributed by atoms with Crippen LogP contribution in [0.5, 0.6) is 5.75 Å². The van der Waals surface area contributed by atoms with Gasteiger partial charge in [0.05, 0.1) is 0 Å². The van der Waals surface area contributed by atoms with E-state index in [1.807, 2.05) is 30.3 Å². The Labute approximate surface area is 316 Å². The molecule has 15 heteroatoms. The first-order valence-corrected chi connectivity index (χ1v) is 19.1. The van der Waals surface area contributed by atoms with Crippen molar-refractivity contribution in [2.24, 2.45) is 0 Å². The highest BCUT2D eigenvalue weighted by Crippen LogP contribution is 2.38. The van der Waals surface area contributed by atoms with Crippen molar-refractivity contribution in [1.29, 1.82) is 0 Å². The number of piperidine rings is 1. The van der Waals surface area contributed by atoms with Crippen LogP contribution in [0.2, 0.25) is 0 Å². The predicted molar refractivity (Wildman–Crippen MR) is 202 cm³/mol. The SMILES string of the molecule is O=C1CCN(c2ccc(CN3CCN(C4CCN(c5ccc6c(c5)C(=O)N(C(C(=O)Nc5nccs5)c5cc(F)ccc5O)C6)CC4)CC3)cc2)C(=O)N1. The Hall–Kier alpha value is -5.38. The number of urea groups is 1. The number of phenolic OH excluding ortho intramolecular Hbond substituents is 1. The Balaban J connectivity index is 0.858. The normalized spacial score (nSPS) is 19.2. The number of halogens is 1. The quantitative estimate of drug-likeness (QED) is 0.225. The number of aromatic nitrogens is 1. The third-order valence-electron chi connectivity index (χ3n) is 10.9. The molecule has 3 saturated heterocycles. The minimum absolute atomic E-state index is 0.00685. The van der Waals surface area contributed by atoms with Gasteiger partial charge in [-0.05, 0) is 66.4 Å². The van der Waals surface area contributed by atoms with Crippen LogP contribution in [0, 0.1) is 5.82 Å². The first kappa shape index (κ1) is 35.6. The molecule has 3 fully saturated rings. The number of imide groups is 1. The Morgan fingerprint density at radius 3 is 2.43 bits per heavy atom. The average molecular weight is 753 g/mol. The molecule has 1 unspecified atom stereocenters. The van der Waals surface area contributed by atoms with Gasteiger partial charge in [0, 0.05) is 105 Å². The summed E-state index contributed by atoms with van der Waals surface area (Å²) in [6.07, 6.45) is 3.86. The van der Waals surface area contributed by atoms with Gasteiger partial charge in [-0.1, -0.05) is 18.2 Å². The minimum atomic E-state index is -1.27. The fourth-order valence-corrected chi connectivity index (χ4v) is 8.53. The third-order valence-corrected chi connectivity index (χ3v) is 11.6. The van der Waals surface area contributed by atoms with Crippen LogP contribution >= 0.6 is 11.3 Å². The number of thiazole rings is 1. The summed E-state index contributed by atoms with van der Waals surface area (Å²) in [6, 6.07) is 16.1. The van der Waals surface area contributed by atoms with E-state index in [-0.39, 0.29) is 35.7 Å². The zero-order chi connectivity index (χ0) is 37.3. The Morgan fingerprint density at radius 2 is 1.70 bits per heavy atom. The number of piperazine rings is 1. The van der Waals surface area contributed by atoms with Crippen LogP contribution in [-0.4, -0.2) is 100 Å². The molecule has 0 spiro atoms. The van der Waals surface area contributed by atoms with Gasteiger partial charge in [-0.2, -0.15) is 0 Å². The molecule has 54 heavy (non-hydrogen) atoms. The molecule has 4 aliphatic rings. The van der Waals surface area contributed by atoms with Crippen molar-refractivity contribution in [3.63, 3.8) is 0 Å². The molecular weight excluding hydrogens is 712 g/mol. The summed E-state index contributed by atoms with van der Waals surface area (Å²) in [7, 11) is 0. The molecule has 3 N–H and O–H groups in total. The Kier molecular flexibility index (Phi) is 10.0. The summed E-state index contributed by atoms with van der Waals surface area (Å²) in [5, 5.41) is 17.8. The van der Waals surface area contributed by atoms with Crippen LogP contribution in [0.15, 0.2) is 72.2 Å². The number of benzene rings is 3. The van der Waals surface area contributed by atoms with Gasteiger partial charge in [0.2, 0.25) is 5.91 Å². The molecule has 4 aliphatic heterocycles. The van der Waals surface area contributed by atoms with E-state index in [0.717, 1.165) is 87.7 Å². The van der Waals surface area contributed by atoms with Gasteiger partial charge in [-0.3, -0.25) is 39.7 Å². The second-order valence-electron chi connectivity index (χ2n) is 14.2. The van der Waals surface area contributed by atoms with Gasteiger partial charge >= 0.3 is 6.03 Å². The highest BCUT2D eigenvalue weighted by Gasteiger charge is 2.40. The van der Waals surface area contributed by atoms with E-state index in [2.05, 4.69) is 42.5 Å². The fraction of sp³-hybridized carbons (Fsp3) is 0.359. The van der Waals surface area contributed by atoms with Crippen LogP contribution in [-0.2, 0) is 22.7 Å². The second-order valence-corrected chi connectivity index (χ2v) is 15.1. The number of fused-ring (bicyclic) bond motifs is 1. The number of anilines is 3. The van der Waals surface area contributed by atoms with E-state index in [1.165, 1.54) is 27.9 Å². The summed E-state index contributed by atoms with van der Waals surface area (Å²) < 4.78 is 14.4. The zero-order valence-corrected chi connectivity index (χ0v) is 30.4. The Bertz CT molecular complexity index is 2050. The van der Waals surface area contributed by atoms with Gasteiger partial charge in [0.25, 0.3) is 11.8 Å². The molecule has 4 aromatic rings. The maximum absolute atomic E-state index is 14.4. The van der Waals surface area contributed by atoms with Gasteiger partial charge in [0.15, 0.2) is 5.13 Å². The second kappa shape index (κ2) is 15.2. The number of carbonyl (C=O) groups excluding carboxylic acids is 4. The molecule has 8 rings (SSSR count). The first-order chi connectivity index (χ1) is 26.2. The van der Waals surface area contributed by atoms with Gasteiger partial charge in [0.1, 0.15) is 17.6 Å². The summed E-state index contributed by atoms with van der Waals surface area (Å²) in [5.41, 5.74) is 4.19. The highest BCUT2D eigenvalue weighted by atomic mass is 32.1. The molecule has 0 saturated carbocycles. The molecule has 13 nitrogen and oxygen atoms in total. The molecule has 1 atom stereocenters. The summed E-state index contributed by atoms with van der Waals surface area (Å²) in [4.78, 5) is 65.7. The average Bonchev–Trinajstić information content (AvgIpc) is 3.81. The van der Waals surface area contributed by atoms with E-state index in [9.17, 15) is 28.7 Å². The number of phenols is 1. The number of amides is 5. The van der Waals surface area contributed by atoms with E-state index >= 15 is 0 Å². The van der Waals surface area contributed by atoms with Crippen LogP contribution in [0.1, 0.15) is 52.4 Å². The van der Waals surface area contributed by atoms with E-state index in [1.54, 1.807) is 16.5 Å². The molecule has 280 valence electrons. The number of rotatable bonds is 9. The van der Waals surface area contributed by atoms with Crippen molar-refractivity contribution in [3.8, 4) is 5.75 Å². The van der Waals surface area contributed by atoms with Crippen molar-refractivity contribution < 1.29 is 28.7 Å². The highest BCUT2D eigenvalue weighted by molar-refractivity contribution is 7.13. The topological polar surface area (TPSA) is 142 Å². The Morgan fingerprint density at radius 1 is 0.944 bits per heavy atom. The predicted octanol–water partition coefficient (Wildman–Crippen LogP) is 4.56. The monoisotopic (exact) mass is 752 g/mol. The molecular formula is C39H41FN8O5S. The first-order valence-electron chi connectivity index (χ1n) is 18.2. The summed E-state index contributed by atoms with van der Waals surface area (Å²) >= 11 is 1.22. The van der Waals surface area contributed by atoms with E-state index < -0.39 is 17.8 Å². The maximum Gasteiger partial charge on any atom is 0.328 e. The van der Waals surface area contributed by atoms with Crippen molar-refractivity contribution in [2.75, 3.05) is 60.9 Å². The van der Waals surface area contributed by atoms with Crippen molar-refractivity contribution in [2.45, 2.75) is 44.4 Å². The number of hydrogen-bond acceptors (Lipinski definition) is 10. The van der Waals surface area contributed by atoms with Crippen LogP contribution in [0.3, 0.4) is 0 Å². The van der Waals surface area contributed by atoms with Crippen LogP contribution in [0.4, 0.5) is 25.7 Å². The lowest BCUT2D eigenvalue weighted by Gasteiger charge is -2.43. The van der Waals surface area contributed by atoms with Crippen molar-refractivity contribution >= 4 is 51.6 Å². The number of nitrogens with one attached hydrogen (secondary N) is 2. The number of carbonyl (C=O) groups is 4. The van der Waals surface area contributed by atoms with E-state index in [0.29, 0.717) is 29.7 Å². The van der Waals surface area contributed by atoms with Gasteiger partial charge < -0.3 is 14.9 Å². The van der Waals surface area contributed by atoms with Crippen LogP contribution < -0.4 is 20.4 Å². The molecule has 0 aliphatic carbocycles. The fourth-order valence-electron chi connectivity index (χ4n) is 8.00. The zero-order valence-electron chi connectivity index (χ0n) is 29.6. The minimum Gasteiger partial charge on any atom is -0.508 e. The smallest absolute Gasteiger partial charge is 0.328 e. The molecule has 1 aromatic heterocycles. The molecule has 0 radical (unpaired) electrons. The molecule has 0 bridgehead atoms. The lowest BCUT2D eigenvalue weighted by atomic mass is 10.0. The standard InChI is InChI=1S/C39H41FN8O5S/c40-27-4-8-33(49)32(21-27)35(36(51)43-38-41-12-20-54-38)48-24-26-3-7-30(22-31(26)37(48)52)45-13-9-28(10-14-45)46-18-16-44(17-19-46)23-25-1-5-29(6-2-25)47-15-11-34(50)42-39(47)53/h1-8,12,20-22,28,35,49H,9-11,13-19,23-24H2,(H,41,43,51)(H,42,50,53). The summed E-state index contributed by atoms with van der Waals surface area (Å²) in [5.74, 6) is -2.08. The van der Waals surface area contributed by atoms with Crippen LogP contribution in [0.25, 0.3) is 0 Å². The lowest BCUT2D eigenvalue weighted by molar-refractivity contribution is -0.121. The molecule has 5 heterocycles.